The SMILES string of the molecule is C=C(NC1CCN(C)[C@@H](c2nc3ccc(F)cc3[nH]2)C1)c1ccc2c(c1)CCCC2. The van der Waals surface area contributed by atoms with Crippen LogP contribution in [0.1, 0.15) is 54.2 Å². The fourth-order valence-corrected chi connectivity index (χ4v) is 4.94. The number of aromatic amines is 1. The molecule has 4 nitrogen and oxygen atoms in total. The zero-order valence-corrected chi connectivity index (χ0v) is 17.5. The van der Waals surface area contributed by atoms with Crippen molar-refractivity contribution in [3.05, 3.63) is 71.3 Å². The molecule has 5 rings (SSSR count). The minimum absolute atomic E-state index is 0.169. The Labute approximate surface area is 177 Å². The summed E-state index contributed by atoms with van der Waals surface area (Å²) in [6.07, 6.45) is 6.97. The first-order valence-electron chi connectivity index (χ1n) is 11.0. The van der Waals surface area contributed by atoms with E-state index in [1.54, 1.807) is 6.07 Å². The summed E-state index contributed by atoms with van der Waals surface area (Å²) in [7, 11) is 2.13. The predicted molar refractivity (Wildman–Crippen MR) is 120 cm³/mol. The van der Waals surface area contributed by atoms with E-state index >= 15 is 0 Å². The maximum atomic E-state index is 13.6. The number of halogens is 1. The number of nitrogens with one attached hydrogen (secondary N) is 2. The number of H-pyrrole nitrogens is 1. The molecule has 0 radical (unpaired) electrons. The number of aryl methyl sites for hydroxylation is 2. The number of likely N-dealkylation sites (tertiary alicyclic amines) is 1. The van der Waals surface area contributed by atoms with Crippen molar-refractivity contribution in [2.75, 3.05) is 13.6 Å². The van der Waals surface area contributed by atoms with E-state index in [0.717, 1.165) is 41.9 Å². The number of piperidine rings is 1. The van der Waals surface area contributed by atoms with E-state index < -0.39 is 0 Å². The van der Waals surface area contributed by atoms with E-state index in [9.17, 15) is 4.39 Å². The Balaban J connectivity index is 1.31. The summed E-state index contributed by atoms with van der Waals surface area (Å²) in [6.45, 7) is 5.32. The first kappa shape index (κ1) is 19.3. The van der Waals surface area contributed by atoms with Crippen molar-refractivity contribution >= 4 is 16.7 Å². The third-order valence-electron chi connectivity index (χ3n) is 6.72. The van der Waals surface area contributed by atoms with Gasteiger partial charge in [0, 0.05) is 18.3 Å². The van der Waals surface area contributed by atoms with Gasteiger partial charge in [0.1, 0.15) is 11.6 Å². The Kier molecular flexibility index (Phi) is 5.07. The number of benzene rings is 2. The molecule has 1 unspecified atom stereocenters. The number of aromatic nitrogens is 2. The minimum Gasteiger partial charge on any atom is -0.382 e. The Morgan fingerprint density at radius 3 is 2.87 bits per heavy atom. The van der Waals surface area contributed by atoms with Crippen LogP contribution in [0.2, 0.25) is 0 Å². The average molecular weight is 405 g/mol. The summed E-state index contributed by atoms with van der Waals surface area (Å²) >= 11 is 0. The lowest BCUT2D eigenvalue weighted by molar-refractivity contribution is 0.157. The molecule has 1 saturated heterocycles. The summed E-state index contributed by atoms with van der Waals surface area (Å²) in [5, 5.41) is 3.68. The van der Waals surface area contributed by atoms with Gasteiger partial charge < -0.3 is 10.3 Å². The number of imidazole rings is 1. The number of hydrogen-bond acceptors (Lipinski definition) is 3. The average Bonchev–Trinajstić information content (AvgIpc) is 3.17. The topological polar surface area (TPSA) is 44.0 Å². The van der Waals surface area contributed by atoms with Gasteiger partial charge in [-0.25, -0.2) is 9.37 Å². The second-order valence-electron chi connectivity index (χ2n) is 8.81. The normalized spacial score (nSPS) is 22.1. The molecule has 30 heavy (non-hydrogen) atoms. The number of hydrogen-bond donors (Lipinski definition) is 2. The molecule has 0 bridgehead atoms. The lowest BCUT2D eigenvalue weighted by Gasteiger charge is -2.37. The van der Waals surface area contributed by atoms with E-state index in [4.69, 9.17) is 4.98 Å². The van der Waals surface area contributed by atoms with Gasteiger partial charge in [0.05, 0.1) is 17.1 Å². The van der Waals surface area contributed by atoms with Crippen LogP contribution in [0.4, 0.5) is 4.39 Å². The molecule has 2 N–H and O–H groups in total. The lowest BCUT2D eigenvalue weighted by Crippen LogP contribution is -2.42. The van der Waals surface area contributed by atoms with Crippen LogP contribution in [0, 0.1) is 5.82 Å². The third kappa shape index (κ3) is 3.74. The van der Waals surface area contributed by atoms with E-state index in [-0.39, 0.29) is 11.9 Å². The fraction of sp³-hybridized carbons (Fsp3) is 0.400. The monoisotopic (exact) mass is 404 g/mol. The van der Waals surface area contributed by atoms with Gasteiger partial charge in [-0.15, -0.1) is 0 Å². The van der Waals surface area contributed by atoms with Crippen LogP contribution in [0.25, 0.3) is 16.7 Å². The molecule has 2 heterocycles. The van der Waals surface area contributed by atoms with Gasteiger partial charge >= 0.3 is 0 Å². The molecular formula is C25H29FN4. The molecule has 1 aliphatic heterocycles. The van der Waals surface area contributed by atoms with Crippen molar-refractivity contribution in [2.24, 2.45) is 0 Å². The summed E-state index contributed by atoms with van der Waals surface area (Å²) in [6, 6.07) is 12.0. The molecule has 2 atom stereocenters. The smallest absolute Gasteiger partial charge is 0.125 e. The van der Waals surface area contributed by atoms with Gasteiger partial charge in [-0.2, -0.15) is 0 Å². The highest BCUT2D eigenvalue weighted by atomic mass is 19.1. The zero-order valence-electron chi connectivity index (χ0n) is 17.5. The molecule has 1 aliphatic carbocycles. The van der Waals surface area contributed by atoms with Crippen molar-refractivity contribution in [1.29, 1.82) is 0 Å². The second kappa shape index (κ2) is 7.88. The molecule has 3 aromatic rings. The number of nitrogens with zero attached hydrogens (tertiary/aromatic N) is 2. The molecule has 2 aliphatic rings. The van der Waals surface area contributed by atoms with Gasteiger partial charge in [-0.1, -0.05) is 18.7 Å². The largest absolute Gasteiger partial charge is 0.382 e. The predicted octanol–water partition coefficient (Wildman–Crippen LogP) is 4.98. The summed E-state index contributed by atoms with van der Waals surface area (Å²) in [5.74, 6) is 0.666. The van der Waals surface area contributed by atoms with E-state index in [0.29, 0.717) is 6.04 Å². The van der Waals surface area contributed by atoms with Crippen LogP contribution in [0.15, 0.2) is 43.0 Å². The molecule has 0 spiro atoms. The van der Waals surface area contributed by atoms with Crippen LogP contribution in [0.3, 0.4) is 0 Å². The number of rotatable bonds is 4. The van der Waals surface area contributed by atoms with Crippen molar-refractivity contribution < 1.29 is 4.39 Å². The van der Waals surface area contributed by atoms with Crippen LogP contribution in [0.5, 0.6) is 0 Å². The minimum atomic E-state index is -0.240. The van der Waals surface area contributed by atoms with Crippen LogP contribution in [-0.2, 0) is 12.8 Å². The van der Waals surface area contributed by atoms with Gasteiger partial charge in [0.15, 0.2) is 0 Å². The molecule has 1 aromatic heterocycles. The zero-order chi connectivity index (χ0) is 20.7. The van der Waals surface area contributed by atoms with Crippen molar-refractivity contribution in [2.45, 2.75) is 50.6 Å². The van der Waals surface area contributed by atoms with Gasteiger partial charge in [0.2, 0.25) is 0 Å². The quantitative estimate of drug-likeness (QED) is 0.645. The molecule has 0 amide bonds. The summed E-state index contributed by atoms with van der Waals surface area (Å²) in [4.78, 5) is 10.4. The molecule has 0 saturated carbocycles. The highest BCUT2D eigenvalue weighted by Gasteiger charge is 2.29. The standard InChI is InChI=1S/C25H29FN4/c1-16(18-8-7-17-5-3-4-6-19(17)13-18)27-21-11-12-30(2)24(15-21)25-28-22-10-9-20(26)14-23(22)29-25/h7-10,13-14,21,24,27H,1,3-6,11-12,15H2,2H3,(H,28,29)/t21?,24-/m1/s1. The van der Waals surface area contributed by atoms with Gasteiger partial charge in [-0.3, -0.25) is 4.90 Å². The Bertz CT molecular complexity index is 1090. The van der Waals surface area contributed by atoms with Crippen LogP contribution in [-0.4, -0.2) is 34.5 Å². The Hall–Kier alpha value is -2.66. The molecule has 1 fully saturated rings. The molecule has 5 heteroatoms. The second-order valence-corrected chi connectivity index (χ2v) is 8.81. The highest BCUT2D eigenvalue weighted by Crippen LogP contribution is 2.31. The van der Waals surface area contributed by atoms with E-state index in [2.05, 4.69) is 47.0 Å². The summed E-state index contributed by atoms with van der Waals surface area (Å²) in [5.41, 5.74) is 6.75. The Morgan fingerprint density at radius 2 is 2.00 bits per heavy atom. The number of fused-ring (bicyclic) bond motifs is 2. The Morgan fingerprint density at radius 1 is 1.17 bits per heavy atom. The fourth-order valence-electron chi connectivity index (χ4n) is 4.94. The first-order valence-corrected chi connectivity index (χ1v) is 11.0. The maximum Gasteiger partial charge on any atom is 0.125 e. The van der Waals surface area contributed by atoms with Gasteiger partial charge in [-0.05, 0) is 86.5 Å². The third-order valence-corrected chi connectivity index (χ3v) is 6.72. The molecule has 156 valence electrons. The van der Waals surface area contributed by atoms with Crippen molar-refractivity contribution in [1.82, 2.24) is 20.2 Å². The van der Waals surface area contributed by atoms with Gasteiger partial charge in [0.25, 0.3) is 0 Å². The molecular weight excluding hydrogens is 375 g/mol. The van der Waals surface area contributed by atoms with Crippen LogP contribution < -0.4 is 5.32 Å². The van der Waals surface area contributed by atoms with E-state index in [1.165, 1.54) is 54.5 Å². The highest BCUT2D eigenvalue weighted by molar-refractivity contribution is 5.75. The van der Waals surface area contributed by atoms with Crippen molar-refractivity contribution in [3.63, 3.8) is 0 Å². The summed E-state index contributed by atoms with van der Waals surface area (Å²) < 4.78 is 13.6. The maximum absolute atomic E-state index is 13.6. The first-order chi connectivity index (χ1) is 14.6. The lowest BCUT2D eigenvalue weighted by atomic mass is 9.90. The molecule has 2 aromatic carbocycles. The van der Waals surface area contributed by atoms with Crippen LogP contribution >= 0.6 is 0 Å². The van der Waals surface area contributed by atoms with Crippen molar-refractivity contribution in [3.8, 4) is 0 Å². The van der Waals surface area contributed by atoms with E-state index in [1.807, 2.05) is 0 Å².